The zero-order valence-corrected chi connectivity index (χ0v) is 18.3. The molecule has 0 bridgehead atoms. The minimum atomic E-state index is -2.98. The Balaban J connectivity index is 1.70. The molecule has 29 heavy (non-hydrogen) atoms. The monoisotopic (exact) mass is 419 g/mol. The van der Waals surface area contributed by atoms with Crippen LogP contribution in [0.25, 0.3) is 5.69 Å². The lowest BCUT2D eigenvalue weighted by atomic mass is 10.0. The van der Waals surface area contributed by atoms with Crippen molar-refractivity contribution in [2.45, 2.75) is 26.7 Å². The minimum Gasteiger partial charge on any atom is -0.333 e. The average molecular weight is 420 g/mol. The van der Waals surface area contributed by atoms with Crippen LogP contribution in [0, 0.1) is 6.92 Å². The number of aromatic nitrogens is 3. The van der Waals surface area contributed by atoms with Gasteiger partial charge in [0.25, 0.3) is 5.91 Å². The van der Waals surface area contributed by atoms with Crippen LogP contribution in [-0.2, 0) is 9.84 Å². The molecule has 0 radical (unpaired) electrons. The molecule has 2 heterocycles. The maximum absolute atomic E-state index is 12.9. The summed E-state index contributed by atoms with van der Waals surface area (Å²) >= 11 is 0. The summed E-state index contributed by atoms with van der Waals surface area (Å²) in [6, 6.07) is 8.02. The van der Waals surface area contributed by atoms with Crippen LogP contribution >= 0.6 is 0 Å². The van der Waals surface area contributed by atoms with Gasteiger partial charge in [0.05, 0.1) is 11.4 Å². The van der Waals surface area contributed by atoms with Gasteiger partial charge in [-0.3, -0.25) is 9.69 Å². The van der Waals surface area contributed by atoms with Crippen molar-refractivity contribution in [1.82, 2.24) is 24.6 Å². The summed E-state index contributed by atoms with van der Waals surface area (Å²) in [5.74, 6) is 1.16. The van der Waals surface area contributed by atoms with E-state index >= 15 is 0 Å². The van der Waals surface area contributed by atoms with Gasteiger partial charge >= 0.3 is 0 Å². The van der Waals surface area contributed by atoms with Crippen molar-refractivity contribution < 1.29 is 13.2 Å². The number of nitrogens with zero attached hydrogens (tertiary/aromatic N) is 5. The molecule has 1 saturated heterocycles. The summed E-state index contributed by atoms with van der Waals surface area (Å²) < 4.78 is 24.4. The van der Waals surface area contributed by atoms with Crippen LogP contribution < -0.4 is 0 Å². The predicted octanol–water partition coefficient (Wildman–Crippen LogP) is 1.50. The van der Waals surface area contributed by atoms with E-state index in [2.05, 4.69) is 34.9 Å². The molecule has 0 aliphatic carbocycles. The molecule has 9 heteroatoms. The first-order valence-corrected chi connectivity index (χ1v) is 11.9. The lowest BCUT2D eigenvalue weighted by Gasteiger charge is -2.33. The van der Waals surface area contributed by atoms with Crippen LogP contribution in [0.15, 0.2) is 24.3 Å². The van der Waals surface area contributed by atoms with E-state index in [9.17, 15) is 13.2 Å². The van der Waals surface area contributed by atoms with Crippen LogP contribution in [0.2, 0.25) is 0 Å². The fraction of sp³-hybridized carbons (Fsp3) is 0.550. The zero-order valence-electron chi connectivity index (χ0n) is 17.5. The van der Waals surface area contributed by atoms with Gasteiger partial charge in [-0.25, -0.2) is 18.1 Å². The number of rotatable bonds is 6. The molecule has 0 unspecified atom stereocenters. The fourth-order valence-electron chi connectivity index (χ4n) is 3.49. The zero-order chi connectivity index (χ0) is 21.2. The van der Waals surface area contributed by atoms with Gasteiger partial charge in [0.2, 0.25) is 5.82 Å². The van der Waals surface area contributed by atoms with Crippen molar-refractivity contribution in [3.8, 4) is 5.69 Å². The maximum Gasteiger partial charge on any atom is 0.293 e. The summed E-state index contributed by atoms with van der Waals surface area (Å²) in [5.41, 5.74) is 2.09. The molecule has 8 nitrogen and oxygen atoms in total. The third-order valence-corrected chi connectivity index (χ3v) is 6.11. The van der Waals surface area contributed by atoms with Gasteiger partial charge in [0.1, 0.15) is 15.7 Å². The highest BCUT2D eigenvalue weighted by Crippen LogP contribution is 2.23. The van der Waals surface area contributed by atoms with E-state index in [0.717, 1.165) is 11.3 Å². The van der Waals surface area contributed by atoms with E-state index in [0.29, 0.717) is 44.5 Å². The molecule has 0 N–H and O–H groups in total. The number of carbonyl (C=O) groups is 1. The topological polar surface area (TPSA) is 88.4 Å². The third-order valence-electron chi connectivity index (χ3n) is 5.18. The molecular formula is C20H29N5O3S. The van der Waals surface area contributed by atoms with E-state index < -0.39 is 9.84 Å². The van der Waals surface area contributed by atoms with Crippen molar-refractivity contribution in [1.29, 1.82) is 0 Å². The highest BCUT2D eigenvalue weighted by Gasteiger charge is 2.26. The highest BCUT2D eigenvalue weighted by molar-refractivity contribution is 7.90. The first kappa shape index (κ1) is 21.4. The molecule has 1 aliphatic rings. The van der Waals surface area contributed by atoms with Crippen molar-refractivity contribution >= 4 is 15.7 Å². The second-order valence-electron chi connectivity index (χ2n) is 7.87. The fourth-order valence-corrected chi connectivity index (χ4v) is 4.08. The molecule has 1 fully saturated rings. The first-order chi connectivity index (χ1) is 13.7. The Kier molecular flexibility index (Phi) is 6.38. The van der Waals surface area contributed by atoms with Crippen LogP contribution in [0.1, 0.15) is 41.8 Å². The smallest absolute Gasteiger partial charge is 0.293 e. The second-order valence-corrected chi connectivity index (χ2v) is 10.1. The van der Waals surface area contributed by atoms with Crippen molar-refractivity contribution in [2.75, 3.05) is 44.7 Å². The van der Waals surface area contributed by atoms with Gasteiger partial charge in [0, 0.05) is 39.0 Å². The van der Waals surface area contributed by atoms with E-state index in [-0.39, 0.29) is 17.5 Å². The maximum atomic E-state index is 12.9. The Hall–Kier alpha value is -2.26. The van der Waals surface area contributed by atoms with E-state index in [1.165, 1.54) is 6.26 Å². The van der Waals surface area contributed by atoms with Crippen molar-refractivity contribution in [3.63, 3.8) is 0 Å². The molecule has 3 rings (SSSR count). The molecule has 0 saturated carbocycles. The lowest BCUT2D eigenvalue weighted by molar-refractivity contribution is 0.0632. The van der Waals surface area contributed by atoms with Crippen molar-refractivity contribution in [2.24, 2.45) is 0 Å². The van der Waals surface area contributed by atoms with Gasteiger partial charge in [-0.05, 0) is 24.5 Å². The molecule has 2 aromatic rings. The summed E-state index contributed by atoms with van der Waals surface area (Å²) in [6.07, 6.45) is 1.24. The van der Waals surface area contributed by atoms with Crippen LogP contribution in [0.4, 0.5) is 0 Å². The normalized spacial score (nSPS) is 15.8. The molecular weight excluding hydrogens is 390 g/mol. The van der Waals surface area contributed by atoms with Crippen molar-refractivity contribution in [3.05, 3.63) is 41.5 Å². The summed E-state index contributed by atoms with van der Waals surface area (Å²) in [5, 5.41) is 4.51. The number of aryl methyl sites for hydroxylation is 1. The number of hydrogen-bond donors (Lipinski definition) is 0. The van der Waals surface area contributed by atoms with Crippen LogP contribution in [0.3, 0.4) is 0 Å². The summed E-state index contributed by atoms with van der Waals surface area (Å²) in [4.78, 5) is 21.1. The number of para-hydroxylation sites is 1. The van der Waals surface area contributed by atoms with Crippen LogP contribution in [-0.4, -0.2) is 83.6 Å². The largest absolute Gasteiger partial charge is 0.333 e. The first-order valence-electron chi connectivity index (χ1n) is 9.88. The van der Waals surface area contributed by atoms with Crippen LogP contribution in [0.5, 0.6) is 0 Å². The van der Waals surface area contributed by atoms with Gasteiger partial charge < -0.3 is 4.90 Å². The number of benzene rings is 1. The summed E-state index contributed by atoms with van der Waals surface area (Å²) in [7, 11) is -2.98. The third kappa shape index (κ3) is 5.22. The van der Waals surface area contributed by atoms with Gasteiger partial charge in [-0.15, -0.1) is 5.10 Å². The molecule has 1 aromatic heterocycles. The Bertz CT molecular complexity index is 976. The Morgan fingerprint density at radius 1 is 1.14 bits per heavy atom. The highest BCUT2D eigenvalue weighted by atomic mass is 32.2. The molecule has 0 atom stereocenters. The van der Waals surface area contributed by atoms with E-state index in [1.807, 2.05) is 25.1 Å². The Morgan fingerprint density at radius 2 is 1.79 bits per heavy atom. The molecule has 158 valence electrons. The average Bonchev–Trinajstić information content (AvgIpc) is 3.07. The van der Waals surface area contributed by atoms with Gasteiger partial charge in [-0.2, -0.15) is 0 Å². The molecule has 1 aliphatic heterocycles. The SMILES string of the molecule is Cc1nc(C(=O)N2CCN(CCS(C)(=O)=O)CC2)nn1-c1ccccc1C(C)C. The standard InChI is InChI=1S/C20H29N5O3S/c1-15(2)17-7-5-6-8-18(17)25-16(3)21-19(22-25)20(26)24-11-9-23(10-12-24)13-14-29(4,27)28/h5-8,15H,9-14H2,1-4H3. The van der Waals surface area contributed by atoms with Gasteiger partial charge in [-0.1, -0.05) is 32.0 Å². The summed E-state index contributed by atoms with van der Waals surface area (Å²) in [6.45, 7) is 8.98. The Labute approximate surface area is 172 Å². The van der Waals surface area contributed by atoms with E-state index in [4.69, 9.17) is 0 Å². The number of sulfone groups is 1. The number of hydrogen-bond acceptors (Lipinski definition) is 6. The quantitative estimate of drug-likeness (QED) is 0.705. The van der Waals surface area contributed by atoms with Gasteiger partial charge in [0.15, 0.2) is 0 Å². The predicted molar refractivity (Wildman–Crippen MR) is 112 cm³/mol. The minimum absolute atomic E-state index is 0.140. The Morgan fingerprint density at radius 3 is 2.41 bits per heavy atom. The lowest BCUT2D eigenvalue weighted by Crippen LogP contribution is -2.49. The molecule has 1 aromatic carbocycles. The molecule has 0 spiro atoms. The number of piperazine rings is 1. The molecule has 1 amide bonds. The second kappa shape index (κ2) is 8.62. The number of amides is 1. The van der Waals surface area contributed by atoms with E-state index in [1.54, 1.807) is 9.58 Å². The number of carbonyl (C=O) groups excluding carboxylic acids is 1.